The highest BCUT2D eigenvalue weighted by atomic mass is 16.4. The van der Waals surface area contributed by atoms with E-state index in [0.717, 1.165) is 18.3 Å². The van der Waals surface area contributed by atoms with Crippen molar-refractivity contribution in [3.63, 3.8) is 0 Å². The second-order valence-electron chi connectivity index (χ2n) is 4.42. The van der Waals surface area contributed by atoms with Crippen LogP contribution in [0.3, 0.4) is 0 Å². The van der Waals surface area contributed by atoms with Gasteiger partial charge in [-0.25, -0.2) is 4.79 Å². The van der Waals surface area contributed by atoms with Crippen LogP contribution in [0.1, 0.15) is 18.4 Å². The molecule has 0 radical (unpaired) electrons. The summed E-state index contributed by atoms with van der Waals surface area (Å²) in [5.41, 5.74) is 0.125. The van der Waals surface area contributed by atoms with E-state index >= 15 is 0 Å². The first-order valence-corrected chi connectivity index (χ1v) is 5.69. The lowest BCUT2D eigenvalue weighted by Gasteiger charge is -2.31. The average molecular weight is 233 g/mol. The van der Waals surface area contributed by atoms with Crippen LogP contribution in [0.15, 0.2) is 30.3 Å². The predicted octanol–water partition coefficient (Wildman–Crippen LogP) is 1.94. The van der Waals surface area contributed by atoms with Crippen LogP contribution in [0.5, 0.6) is 0 Å². The van der Waals surface area contributed by atoms with Crippen LogP contribution in [-0.4, -0.2) is 34.5 Å². The molecule has 90 valence electrons. The summed E-state index contributed by atoms with van der Waals surface area (Å²) in [4.78, 5) is 23.7. The predicted molar refractivity (Wildman–Crippen MR) is 62.9 cm³/mol. The SMILES string of the molecule is O=C[C@@]1(Cc2ccccc2)CCCN1C(=O)O. The fraction of sp³-hybridized carbons (Fsp3) is 0.385. The molecule has 1 heterocycles. The maximum Gasteiger partial charge on any atom is 0.408 e. The van der Waals surface area contributed by atoms with Gasteiger partial charge in [-0.15, -0.1) is 0 Å². The zero-order chi connectivity index (χ0) is 12.3. The summed E-state index contributed by atoms with van der Waals surface area (Å²) < 4.78 is 0. The van der Waals surface area contributed by atoms with E-state index in [0.29, 0.717) is 19.4 Å². The number of nitrogens with zero attached hydrogens (tertiary/aromatic N) is 1. The van der Waals surface area contributed by atoms with E-state index in [4.69, 9.17) is 5.11 Å². The second-order valence-corrected chi connectivity index (χ2v) is 4.42. The van der Waals surface area contributed by atoms with Crippen LogP contribution in [-0.2, 0) is 11.2 Å². The molecule has 0 aliphatic carbocycles. The van der Waals surface area contributed by atoms with E-state index in [-0.39, 0.29) is 0 Å². The summed E-state index contributed by atoms with van der Waals surface area (Å²) in [5.74, 6) is 0. The Morgan fingerprint density at radius 2 is 2.12 bits per heavy atom. The highest BCUT2D eigenvalue weighted by molar-refractivity contribution is 5.76. The molecule has 0 saturated carbocycles. The number of carbonyl (C=O) groups is 2. The van der Waals surface area contributed by atoms with Crippen molar-refractivity contribution in [1.29, 1.82) is 0 Å². The number of hydrogen-bond acceptors (Lipinski definition) is 2. The first-order chi connectivity index (χ1) is 8.18. The maximum absolute atomic E-state index is 11.3. The fourth-order valence-corrected chi connectivity index (χ4v) is 2.48. The second kappa shape index (κ2) is 4.57. The zero-order valence-electron chi connectivity index (χ0n) is 9.50. The lowest BCUT2D eigenvalue weighted by atomic mass is 9.90. The molecule has 1 aromatic rings. The zero-order valence-corrected chi connectivity index (χ0v) is 9.50. The monoisotopic (exact) mass is 233 g/mol. The number of carbonyl (C=O) groups excluding carboxylic acids is 1. The molecule has 17 heavy (non-hydrogen) atoms. The van der Waals surface area contributed by atoms with Gasteiger partial charge in [0.15, 0.2) is 0 Å². The first-order valence-electron chi connectivity index (χ1n) is 5.69. The Kier molecular flexibility index (Phi) is 3.13. The van der Waals surface area contributed by atoms with Crippen molar-refractivity contribution in [3.05, 3.63) is 35.9 Å². The summed E-state index contributed by atoms with van der Waals surface area (Å²) in [6, 6.07) is 9.54. The molecular formula is C13H15NO3. The third-order valence-electron chi connectivity index (χ3n) is 3.33. The Morgan fingerprint density at radius 1 is 1.41 bits per heavy atom. The number of benzene rings is 1. The van der Waals surface area contributed by atoms with Crippen molar-refractivity contribution < 1.29 is 14.7 Å². The third kappa shape index (κ3) is 2.16. The largest absolute Gasteiger partial charge is 0.465 e. The number of hydrogen-bond donors (Lipinski definition) is 1. The van der Waals surface area contributed by atoms with Crippen molar-refractivity contribution in [3.8, 4) is 0 Å². The lowest BCUT2D eigenvalue weighted by molar-refractivity contribution is -0.116. The van der Waals surface area contributed by atoms with Crippen LogP contribution in [0.4, 0.5) is 4.79 Å². The van der Waals surface area contributed by atoms with Gasteiger partial charge in [-0.1, -0.05) is 30.3 Å². The number of amides is 1. The molecule has 0 unspecified atom stereocenters. The van der Waals surface area contributed by atoms with Crippen molar-refractivity contribution in [2.45, 2.75) is 24.8 Å². The Labute approximate surface area is 99.9 Å². The number of aldehydes is 1. The van der Waals surface area contributed by atoms with Gasteiger partial charge in [0, 0.05) is 13.0 Å². The van der Waals surface area contributed by atoms with E-state index in [9.17, 15) is 9.59 Å². The highest BCUT2D eigenvalue weighted by Crippen LogP contribution is 2.31. The van der Waals surface area contributed by atoms with Gasteiger partial charge < -0.3 is 9.90 Å². The minimum atomic E-state index is -1.01. The van der Waals surface area contributed by atoms with Gasteiger partial charge in [0.2, 0.25) is 0 Å². The fourth-order valence-electron chi connectivity index (χ4n) is 2.48. The van der Waals surface area contributed by atoms with E-state index in [1.54, 1.807) is 0 Å². The Morgan fingerprint density at radius 3 is 2.71 bits per heavy atom. The molecule has 2 rings (SSSR count). The number of rotatable bonds is 3. The summed E-state index contributed by atoms with van der Waals surface area (Å²) in [6.45, 7) is 0.445. The molecule has 4 heteroatoms. The van der Waals surface area contributed by atoms with Gasteiger partial charge in [0.05, 0.1) is 0 Å². The van der Waals surface area contributed by atoms with Crippen LogP contribution in [0, 0.1) is 0 Å². The van der Waals surface area contributed by atoms with E-state index in [1.165, 1.54) is 4.90 Å². The number of likely N-dealkylation sites (tertiary alicyclic amines) is 1. The average Bonchev–Trinajstić information content (AvgIpc) is 2.75. The molecule has 1 aromatic carbocycles. The van der Waals surface area contributed by atoms with Crippen molar-refractivity contribution in [2.75, 3.05) is 6.54 Å². The highest BCUT2D eigenvalue weighted by Gasteiger charge is 2.43. The summed E-state index contributed by atoms with van der Waals surface area (Å²) in [5, 5.41) is 9.13. The maximum atomic E-state index is 11.3. The van der Waals surface area contributed by atoms with E-state index in [2.05, 4.69) is 0 Å². The van der Waals surface area contributed by atoms with Crippen molar-refractivity contribution in [1.82, 2.24) is 4.90 Å². The van der Waals surface area contributed by atoms with Gasteiger partial charge >= 0.3 is 6.09 Å². The smallest absolute Gasteiger partial charge is 0.408 e. The quantitative estimate of drug-likeness (QED) is 0.812. The van der Waals surface area contributed by atoms with Crippen LogP contribution < -0.4 is 0 Å². The molecule has 1 atom stereocenters. The van der Waals surface area contributed by atoms with Gasteiger partial charge in [0.25, 0.3) is 0 Å². The lowest BCUT2D eigenvalue weighted by Crippen LogP contribution is -2.49. The Balaban J connectivity index is 2.25. The first kappa shape index (κ1) is 11.6. The number of carboxylic acid groups (broad SMARTS) is 1. The van der Waals surface area contributed by atoms with E-state index in [1.807, 2.05) is 30.3 Å². The third-order valence-corrected chi connectivity index (χ3v) is 3.33. The summed E-state index contributed by atoms with van der Waals surface area (Å²) in [6.07, 6.45) is 1.60. The Hall–Kier alpha value is -1.84. The van der Waals surface area contributed by atoms with Crippen LogP contribution in [0.25, 0.3) is 0 Å². The van der Waals surface area contributed by atoms with Gasteiger partial charge in [0.1, 0.15) is 11.8 Å². The Bertz CT molecular complexity index is 418. The molecule has 1 amide bonds. The summed E-state index contributed by atoms with van der Waals surface area (Å²) >= 11 is 0. The normalized spacial score (nSPS) is 23.6. The standard InChI is InChI=1S/C13H15NO3/c15-10-13(7-4-8-14(13)12(16)17)9-11-5-2-1-3-6-11/h1-3,5-6,10H,4,7-9H2,(H,16,17)/t13-/m0/s1. The molecule has 4 nitrogen and oxygen atoms in total. The van der Waals surface area contributed by atoms with Gasteiger partial charge in [-0.05, 0) is 18.4 Å². The molecular weight excluding hydrogens is 218 g/mol. The molecule has 0 spiro atoms. The molecule has 1 aliphatic rings. The van der Waals surface area contributed by atoms with Crippen molar-refractivity contribution in [2.24, 2.45) is 0 Å². The molecule has 1 N–H and O–H groups in total. The van der Waals surface area contributed by atoms with Crippen LogP contribution >= 0.6 is 0 Å². The van der Waals surface area contributed by atoms with Crippen molar-refractivity contribution >= 4 is 12.4 Å². The molecule has 1 saturated heterocycles. The van der Waals surface area contributed by atoms with Gasteiger partial charge in [-0.3, -0.25) is 4.90 Å². The molecule has 0 aromatic heterocycles. The minimum Gasteiger partial charge on any atom is -0.465 e. The van der Waals surface area contributed by atoms with Crippen LogP contribution in [0.2, 0.25) is 0 Å². The topological polar surface area (TPSA) is 57.6 Å². The summed E-state index contributed by atoms with van der Waals surface area (Å²) in [7, 11) is 0. The van der Waals surface area contributed by atoms with Gasteiger partial charge in [-0.2, -0.15) is 0 Å². The molecule has 1 aliphatic heterocycles. The molecule has 0 bridgehead atoms. The van der Waals surface area contributed by atoms with E-state index < -0.39 is 11.6 Å². The minimum absolute atomic E-state index is 0.445. The molecule has 1 fully saturated rings.